The Morgan fingerprint density at radius 1 is 1.08 bits per heavy atom. The number of para-hydroxylation sites is 1. The minimum absolute atomic E-state index is 0. The summed E-state index contributed by atoms with van der Waals surface area (Å²) in [4.78, 5) is 13.3. The predicted molar refractivity (Wildman–Crippen MR) is 153 cm³/mol. The lowest BCUT2D eigenvalue weighted by atomic mass is 9.92. The second kappa shape index (κ2) is 12.0. The summed E-state index contributed by atoms with van der Waals surface area (Å²) >= 11 is 6.44. The molecule has 0 radical (unpaired) electrons. The highest BCUT2D eigenvalue weighted by Gasteiger charge is 2.25. The Labute approximate surface area is 227 Å². The maximum Gasteiger partial charge on any atom is 0.324 e. The number of amides is 2. The number of nitrogens with one attached hydrogen (secondary N) is 3. The van der Waals surface area contributed by atoms with E-state index >= 15 is 0 Å². The summed E-state index contributed by atoms with van der Waals surface area (Å²) < 4.78 is 7.12. The first kappa shape index (κ1) is 26.9. The molecule has 3 N–H and O–H groups in total. The molecule has 2 heterocycles. The zero-order valence-electron chi connectivity index (χ0n) is 20.9. The SMILES string of the molecule is COCc1ccc2c(Cl)ccc(NC(=O)Nc3c(C)c(C4CCNCC4)nn3-c3ccccc3)c2c1.Cl. The van der Waals surface area contributed by atoms with Gasteiger partial charge in [-0.15, -0.1) is 12.4 Å². The molecule has 37 heavy (non-hydrogen) atoms. The lowest BCUT2D eigenvalue weighted by molar-refractivity contribution is 0.185. The third-order valence-electron chi connectivity index (χ3n) is 6.70. The van der Waals surface area contributed by atoms with Crippen LogP contribution in [0.15, 0.2) is 60.7 Å². The number of fused-ring (bicyclic) bond motifs is 1. The van der Waals surface area contributed by atoms with Gasteiger partial charge in [0.1, 0.15) is 5.82 Å². The molecule has 0 saturated carbocycles. The summed E-state index contributed by atoms with van der Waals surface area (Å²) in [6.07, 6.45) is 2.05. The number of hydrogen-bond donors (Lipinski definition) is 3. The van der Waals surface area contributed by atoms with Crippen molar-refractivity contribution < 1.29 is 9.53 Å². The number of benzene rings is 3. The van der Waals surface area contributed by atoms with E-state index in [0.717, 1.165) is 59.2 Å². The van der Waals surface area contributed by atoms with E-state index in [2.05, 4.69) is 16.0 Å². The van der Waals surface area contributed by atoms with Gasteiger partial charge in [-0.2, -0.15) is 5.10 Å². The molecule has 0 spiro atoms. The molecule has 1 fully saturated rings. The highest BCUT2D eigenvalue weighted by Crippen LogP contribution is 2.34. The summed E-state index contributed by atoms with van der Waals surface area (Å²) in [6, 6.07) is 19.1. The molecule has 3 aromatic carbocycles. The van der Waals surface area contributed by atoms with Gasteiger partial charge in [0.05, 0.1) is 23.7 Å². The number of methoxy groups -OCH3 is 1. The summed E-state index contributed by atoms with van der Waals surface area (Å²) in [5, 5.41) is 16.8. The summed E-state index contributed by atoms with van der Waals surface area (Å²) in [6.45, 7) is 4.46. The van der Waals surface area contributed by atoms with Gasteiger partial charge in [-0.25, -0.2) is 9.48 Å². The van der Waals surface area contributed by atoms with Gasteiger partial charge >= 0.3 is 6.03 Å². The Balaban J connectivity index is 0.00000320. The smallest absolute Gasteiger partial charge is 0.324 e. The first-order valence-electron chi connectivity index (χ1n) is 12.2. The number of aromatic nitrogens is 2. The van der Waals surface area contributed by atoms with Crippen LogP contribution >= 0.6 is 24.0 Å². The van der Waals surface area contributed by atoms with E-state index in [-0.39, 0.29) is 18.4 Å². The largest absolute Gasteiger partial charge is 0.380 e. The number of rotatable bonds is 6. The third kappa shape index (κ3) is 5.75. The average Bonchev–Trinajstić information content (AvgIpc) is 3.22. The van der Waals surface area contributed by atoms with E-state index in [1.54, 1.807) is 13.2 Å². The van der Waals surface area contributed by atoms with Crippen LogP contribution in [0.3, 0.4) is 0 Å². The number of ether oxygens (including phenoxy) is 1. The predicted octanol–water partition coefficient (Wildman–Crippen LogP) is 6.67. The zero-order valence-corrected chi connectivity index (χ0v) is 22.5. The van der Waals surface area contributed by atoms with Crippen LogP contribution in [0.1, 0.15) is 35.6 Å². The van der Waals surface area contributed by atoms with Gasteiger partial charge in [0.2, 0.25) is 0 Å². The number of piperidine rings is 1. The van der Waals surface area contributed by atoms with Crippen LogP contribution in [0, 0.1) is 6.92 Å². The summed E-state index contributed by atoms with van der Waals surface area (Å²) in [7, 11) is 1.66. The third-order valence-corrected chi connectivity index (χ3v) is 7.03. The molecule has 2 amide bonds. The molecule has 4 aromatic rings. The van der Waals surface area contributed by atoms with Crippen LogP contribution in [-0.2, 0) is 11.3 Å². The highest BCUT2D eigenvalue weighted by atomic mass is 35.5. The molecule has 1 saturated heterocycles. The quantitative estimate of drug-likeness (QED) is 0.255. The van der Waals surface area contributed by atoms with Gasteiger partial charge < -0.3 is 15.4 Å². The van der Waals surface area contributed by atoms with Gasteiger partial charge in [-0.1, -0.05) is 41.9 Å². The zero-order chi connectivity index (χ0) is 25.1. The lowest BCUT2D eigenvalue weighted by Gasteiger charge is -2.21. The maximum atomic E-state index is 13.3. The molecular weight excluding hydrogens is 509 g/mol. The van der Waals surface area contributed by atoms with Crippen molar-refractivity contribution in [2.24, 2.45) is 0 Å². The number of anilines is 2. The molecule has 1 aliphatic rings. The Bertz CT molecular complexity index is 1380. The Hall–Kier alpha value is -3.10. The van der Waals surface area contributed by atoms with Crippen LogP contribution in [0.5, 0.6) is 0 Å². The second-order valence-electron chi connectivity index (χ2n) is 9.12. The molecule has 0 aliphatic carbocycles. The molecule has 5 rings (SSSR count). The van der Waals surface area contributed by atoms with Crippen LogP contribution in [0.4, 0.5) is 16.3 Å². The van der Waals surface area contributed by atoms with E-state index in [9.17, 15) is 4.79 Å². The molecule has 9 heteroatoms. The van der Waals surface area contributed by atoms with Gasteiger partial charge in [0.15, 0.2) is 0 Å². The van der Waals surface area contributed by atoms with Gasteiger partial charge in [-0.3, -0.25) is 5.32 Å². The first-order valence-corrected chi connectivity index (χ1v) is 12.6. The number of urea groups is 1. The van der Waals surface area contributed by atoms with E-state index in [1.807, 2.05) is 66.2 Å². The molecule has 0 unspecified atom stereocenters. The number of carbonyl (C=O) groups excluding carboxylic acids is 1. The monoisotopic (exact) mass is 539 g/mol. The Morgan fingerprint density at radius 3 is 2.57 bits per heavy atom. The average molecular weight is 540 g/mol. The number of nitrogens with zero attached hydrogens (tertiary/aromatic N) is 2. The fraction of sp³-hybridized carbons (Fsp3) is 0.286. The van der Waals surface area contributed by atoms with E-state index in [0.29, 0.717) is 29.1 Å². The normalized spacial score (nSPS) is 13.8. The molecular formula is C28H31Cl2N5O2. The van der Waals surface area contributed by atoms with E-state index in [1.165, 1.54) is 0 Å². The number of carbonyl (C=O) groups is 1. The first-order chi connectivity index (χ1) is 17.5. The lowest BCUT2D eigenvalue weighted by Crippen LogP contribution is -2.27. The second-order valence-corrected chi connectivity index (χ2v) is 9.52. The maximum absolute atomic E-state index is 13.3. The van der Waals surface area contributed by atoms with Crippen molar-refractivity contribution in [2.45, 2.75) is 32.3 Å². The molecule has 0 atom stereocenters. The van der Waals surface area contributed by atoms with Crippen molar-refractivity contribution in [1.29, 1.82) is 0 Å². The van der Waals surface area contributed by atoms with Crippen molar-refractivity contribution in [1.82, 2.24) is 15.1 Å². The van der Waals surface area contributed by atoms with Gasteiger partial charge in [0.25, 0.3) is 0 Å². The summed E-state index contributed by atoms with van der Waals surface area (Å²) in [5.74, 6) is 1.03. The van der Waals surface area contributed by atoms with Crippen LogP contribution in [-0.4, -0.2) is 36.0 Å². The molecule has 7 nitrogen and oxygen atoms in total. The minimum atomic E-state index is -0.340. The minimum Gasteiger partial charge on any atom is -0.380 e. The van der Waals surface area contributed by atoms with E-state index in [4.69, 9.17) is 21.4 Å². The van der Waals surface area contributed by atoms with E-state index < -0.39 is 0 Å². The molecule has 194 valence electrons. The number of hydrogen-bond acceptors (Lipinski definition) is 4. The van der Waals surface area contributed by atoms with Crippen LogP contribution in [0.2, 0.25) is 5.02 Å². The molecule has 1 aliphatic heterocycles. The van der Waals surface area contributed by atoms with Crippen molar-refractivity contribution in [3.8, 4) is 5.69 Å². The topological polar surface area (TPSA) is 80.2 Å². The summed E-state index contributed by atoms with van der Waals surface area (Å²) in [5.41, 5.74) is 4.60. The fourth-order valence-corrected chi connectivity index (χ4v) is 5.11. The van der Waals surface area contributed by atoms with Crippen molar-refractivity contribution in [3.05, 3.63) is 82.5 Å². The fourth-order valence-electron chi connectivity index (χ4n) is 4.88. The van der Waals surface area contributed by atoms with Gasteiger partial charge in [-0.05, 0) is 68.8 Å². The number of halogens is 2. The highest BCUT2D eigenvalue weighted by molar-refractivity contribution is 6.36. The Kier molecular flexibility index (Phi) is 8.71. The van der Waals surface area contributed by atoms with Gasteiger partial charge in [0, 0.05) is 34.4 Å². The molecule has 0 bridgehead atoms. The molecule has 1 aromatic heterocycles. The standard InChI is InChI=1S/C28H30ClN5O2.ClH/c1-18-26(20-12-14-30-15-13-20)33-34(21-6-4-3-5-7-21)27(18)32-28(35)31-25-11-10-24(29)22-9-8-19(17-36-2)16-23(22)25;/h3-11,16,20,30H,12-15,17H2,1-2H3,(H2,31,32,35);1H. The van der Waals surface area contributed by atoms with Crippen LogP contribution < -0.4 is 16.0 Å². The van der Waals surface area contributed by atoms with Crippen molar-refractivity contribution >= 4 is 52.3 Å². The Morgan fingerprint density at radius 2 is 1.84 bits per heavy atom. The van der Waals surface area contributed by atoms with Crippen molar-refractivity contribution in [2.75, 3.05) is 30.8 Å². The van der Waals surface area contributed by atoms with Crippen LogP contribution in [0.25, 0.3) is 16.5 Å². The van der Waals surface area contributed by atoms with Crippen molar-refractivity contribution in [3.63, 3.8) is 0 Å².